The summed E-state index contributed by atoms with van der Waals surface area (Å²) in [5, 5.41) is 21.4. The van der Waals surface area contributed by atoms with Crippen LogP contribution in [0.3, 0.4) is 0 Å². The van der Waals surface area contributed by atoms with E-state index in [9.17, 15) is 19.6 Å². The summed E-state index contributed by atoms with van der Waals surface area (Å²) < 4.78 is 16.7. The van der Waals surface area contributed by atoms with E-state index in [2.05, 4.69) is 9.97 Å². The number of para-hydroxylation sites is 3. The number of aromatic nitrogens is 3. The topological polar surface area (TPSA) is 91.8 Å². The van der Waals surface area contributed by atoms with Gasteiger partial charge in [0.2, 0.25) is 0 Å². The Bertz CT molecular complexity index is 1650. The van der Waals surface area contributed by atoms with Crippen LogP contribution in [-0.2, 0) is 0 Å². The van der Waals surface area contributed by atoms with Crippen molar-refractivity contribution in [2.24, 2.45) is 0 Å². The standard InChI is InChI=1S/C25H15FN4O2S2/c26-17-8-2-5-11-20(17)30-24(32)15-7-1-3-9-18(15)29-25(30)33-14-21(31)16(13-27)23-28-19-10-4-6-12-22(19)34-23/h1-12,31H,14H2/b21-16-. The van der Waals surface area contributed by atoms with Gasteiger partial charge in [0, 0.05) is 0 Å². The fraction of sp³-hybridized carbons (Fsp3) is 0.0400. The monoisotopic (exact) mass is 486 g/mol. The number of rotatable bonds is 5. The number of hydrogen-bond donors (Lipinski definition) is 1. The van der Waals surface area contributed by atoms with Gasteiger partial charge in [0.1, 0.15) is 28.2 Å². The highest BCUT2D eigenvalue weighted by molar-refractivity contribution is 7.99. The van der Waals surface area contributed by atoms with Crippen LogP contribution in [0.5, 0.6) is 0 Å². The zero-order chi connectivity index (χ0) is 23.7. The lowest BCUT2D eigenvalue weighted by Crippen LogP contribution is -2.22. The van der Waals surface area contributed by atoms with Gasteiger partial charge in [-0.2, -0.15) is 5.26 Å². The highest BCUT2D eigenvalue weighted by Crippen LogP contribution is 2.30. The molecule has 0 amide bonds. The molecule has 5 rings (SSSR count). The van der Waals surface area contributed by atoms with Crippen molar-refractivity contribution in [3.8, 4) is 11.8 Å². The SMILES string of the molecule is N#C/C(=C(/O)CSc1nc2ccccc2c(=O)n1-c1ccccc1F)c1nc2ccccc2s1. The average Bonchev–Trinajstić information content (AvgIpc) is 3.28. The smallest absolute Gasteiger partial charge is 0.266 e. The van der Waals surface area contributed by atoms with Crippen molar-refractivity contribution < 1.29 is 9.50 Å². The Balaban J connectivity index is 1.58. The Morgan fingerprint density at radius 1 is 1.03 bits per heavy atom. The quantitative estimate of drug-likeness (QED) is 0.148. The molecule has 0 bridgehead atoms. The lowest BCUT2D eigenvalue weighted by atomic mass is 10.2. The molecule has 3 aromatic carbocycles. The molecule has 2 aromatic heterocycles. The third kappa shape index (κ3) is 3.94. The van der Waals surface area contributed by atoms with E-state index in [4.69, 9.17) is 0 Å². The van der Waals surface area contributed by atoms with Crippen molar-refractivity contribution in [2.45, 2.75) is 5.16 Å². The maximum Gasteiger partial charge on any atom is 0.266 e. The van der Waals surface area contributed by atoms with Crippen molar-refractivity contribution in [1.29, 1.82) is 5.26 Å². The van der Waals surface area contributed by atoms with Crippen LogP contribution < -0.4 is 5.56 Å². The third-order valence-corrected chi connectivity index (χ3v) is 7.09. The van der Waals surface area contributed by atoms with Gasteiger partial charge >= 0.3 is 0 Å². The van der Waals surface area contributed by atoms with E-state index in [0.717, 1.165) is 22.0 Å². The largest absolute Gasteiger partial charge is 0.510 e. The molecule has 5 aromatic rings. The minimum atomic E-state index is -0.574. The van der Waals surface area contributed by atoms with Crippen molar-refractivity contribution in [1.82, 2.24) is 14.5 Å². The van der Waals surface area contributed by atoms with Gasteiger partial charge < -0.3 is 5.11 Å². The molecule has 0 saturated heterocycles. The van der Waals surface area contributed by atoms with E-state index in [0.29, 0.717) is 15.9 Å². The van der Waals surface area contributed by atoms with Crippen molar-refractivity contribution in [2.75, 3.05) is 5.75 Å². The first-order valence-electron chi connectivity index (χ1n) is 10.1. The zero-order valence-corrected chi connectivity index (χ0v) is 19.1. The molecule has 0 aliphatic rings. The maximum atomic E-state index is 14.6. The average molecular weight is 487 g/mol. The number of nitriles is 1. The van der Waals surface area contributed by atoms with Crippen LogP contribution >= 0.6 is 23.1 Å². The second-order valence-corrected chi connectivity index (χ2v) is 9.19. The third-order valence-electron chi connectivity index (χ3n) is 5.08. The van der Waals surface area contributed by atoms with Gasteiger partial charge in [-0.3, -0.25) is 9.36 Å². The van der Waals surface area contributed by atoms with Gasteiger partial charge in [-0.25, -0.2) is 14.4 Å². The van der Waals surface area contributed by atoms with E-state index in [1.165, 1.54) is 34.1 Å². The summed E-state index contributed by atoms with van der Waals surface area (Å²) in [5.41, 5.74) is 0.879. The molecule has 6 nitrogen and oxygen atoms in total. The highest BCUT2D eigenvalue weighted by atomic mass is 32.2. The van der Waals surface area contributed by atoms with Gasteiger partial charge in [0.25, 0.3) is 5.56 Å². The van der Waals surface area contributed by atoms with Crippen molar-refractivity contribution >= 4 is 49.8 Å². The molecule has 0 spiro atoms. The first-order valence-corrected chi connectivity index (χ1v) is 11.9. The Kier molecular flexibility index (Phi) is 5.84. The number of aliphatic hydroxyl groups is 1. The molecule has 0 fully saturated rings. The van der Waals surface area contributed by atoms with Gasteiger partial charge in [0.05, 0.1) is 32.6 Å². The molecule has 0 atom stereocenters. The molecular weight excluding hydrogens is 471 g/mol. The van der Waals surface area contributed by atoms with E-state index < -0.39 is 11.4 Å². The van der Waals surface area contributed by atoms with Crippen molar-refractivity contribution in [3.63, 3.8) is 0 Å². The predicted molar refractivity (Wildman–Crippen MR) is 133 cm³/mol. The summed E-state index contributed by atoms with van der Waals surface area (Å²) in [7, 11) is 0. The molecule has 34 heavy (non-hydrogen) atoms. The minimum absolute atomic E-state index is 0.0503. The molecule has 166 valence electrons. The minimum Gasteiger partial charge on any atom is -0.510 e. The normalized spacial score (nSPS) is 12.0. The summed E-state index contributed by atoms with van der Waals surface area (Å²) in [6.07, 6.45) is 0. The fourth-order valence-electron chi connectivity index (χ4n) is 3.47. The summed E-state index contributed by atoms with van der Waals surface area (Å²) in [6.45, 7) is 0. The van der Waals surface area contributed by atoms with E-state index >= 15 is 0 Å². The molecule has 0 aliphatic heterocycles. The number of aliphatic hydroxyl groups excluding tert-OH is 1. The van der Waals surface area contributed by atoms with Gasteiger partial charge in [-0.05, 0) is 36.4 Å². The lowest BCUT2D eigenvalue weighted by molar-refractivity contribution is 0.420. The molecule has 0 saturated carbocycles. The summed E-state index contributed by atoms with van der Waals surface area (Å²) in [6, 6.07) is 22.2. The molecule has 1 N–H and O–H groups in total. The van der Waals surface area contributed by atoms with Crippen LogP contribution in [0.15, 0.2) is 88.5 Å². The Morgan fingerprint density at radius 2 is 1.74 bits per heavy atom. The van der Waals surface area contributed by atoms with Gasteiger partial charge in [-0.1, -0.05) is 48.2 Å². The molecule has 0 aliphatic carbocycles. The Hall–Kier alpha value is -4.00. The number of hydrogen-bond acceptors (Lipinski definition) is 7. The second-order valence-electron chi connectivity index (χ2n) is 7.21. The molecule has 0 radical (unpaired) electrons. The molecular formula is C25H15FN4O2S2. The van der Waals surface area contributed by atoms with Crippen LogP contribution in [-0.4, -0.2) is 25.4 Å². The summed E-state index contributed by atoms with van der Waals surface area (Å²) >= 11 is 2.34. The molecule has 9 heteroatoms. The second kappa shape index (κ2) is 9.09. The van der Waals surface area contributed by atoms with Crippen LogP contribution in [0.2, 0.25) is 0 Å². The summed E-state index contributed by atoms with van der Waals surface area (Å²) in [4.78, 5) is 22.3. The number of allylic oxidation sites excluding steroid dienone is 1. The van der Waals surface area contributed by atoms with E-state index in [1.807, 2.05) is 30.3 Å². The van der Waals surface area contributed by atoms with Gasteiger partial charge in [0.15, 0.2) is 5.16 Å². The van der Waals surface area contributed by atoms with E-state index in [1.54, 1.807) is 30.3 Å². The number of halogens is 1. The number of nitrogens with zero attached hydrogens (tertiary/aromatic N) is 4. The number of thioether (sulfide) groups is 1. The number of benzene rings is 3. The van der Waals surface area contributed by atoms with Crippen molar-refractivity contribution in [3.05, 3.63) is 99.7 Å². The van der Waals surface area contributed by atoms with Gasteiger partial charge in [-0.15, -0.1) is 11.3 Å². The highest BCUT2D eigenvalue weighted by Gasteiger charge is 2.18. The first-order chi connectivity index (χ1) is 16.6. The van der Waals surface area contributed by atoms with Crippen LogP contribution in [0.25, 0.3) is 32.4 Å². The Labute approximate surface area is 201 Å². The van der Waals surface area contributed by atoms with Crippen LogP contribution in [0.4, 0.5) is 4.39 Å². The maximum absolute atomic E-state index is 14.6. The van der Waals surface area contributed by atoms with E-state index in [-0.39, 0.29) is 27.9 Å². The zero-order valence-electron chi connectivity index (χ0n) is 17.5. The first kappa shape index (κ1) is 21.8. The predicted octanol–water partition coefficient (Wildman–Crippen LogP) is 5.72. The number of thiazole rings is 1. The lowest BCUT2D eigenvalue weighted by Gasteiger charge is -2.14. The Morgan fingerprint density at radius 3 is 2.50 bits per heavy atom. The number of fused-ring (bicyclic) bond motifs is 2. The van der Waals surface area contributed by atoms with Crippen LogP contribution in [0.1, 0.15) is 5.01 Å². The van der Waals surface area contributed by atoms with Crippen LogP contribution in [0, 0.1) is 17.1 Å². The fourth-order valence-corrected chi connectivity index (χ4v) is 5.34. The molecule has 2 heterocycles. The summed E-state index contributed by atoms with van der Waals surface area (Å²) in [5.74, 6) is -0.831. The molecule has 0 unspecified atom stereocenters.